The summed E-state index contributed by atoms with van der Waals surface area (Å²) >= 11 is 0. The standard InChI is InChI=1S/C25H42N4O3/c1-3-26-24(28-21-25(11-15-30-2)9-4-5-10-25)27-20-22-7-6-8-23(19-22)32-18-14-29-12-16-31-17-13-29/h6-8,19H,3-5,9-18,20-21H2,1-2H3,(H2,26,27,28). The Hall–Kier alpha value is -1.83. The highest BCUT2D eigenvalue weighted by Crippen LogP contribution is 2.40. The molecule has 0 unspecified atom stereocenters. The molecule has 3 rings (SSSR count). The number of rotatable bonds is 12. The van der Waals surface area contributed by atoms with Crippen LogP contribution in [0, 0.1) is 5.41 Å². The van der Waals surface area contributed by atoms with Gasteiger partial charge in [-0.05, 0) is 49.3 Å². The van der Waals surface area contributed by atoms with Crippen LogP contribution < -0.4 is 15.4 Å². The lowest BCUT2D eigenvalue weighted by Crippen LogP contribution is -2.43. The number of hydrogen-bond acceptors (Lipinski definition) is 5. The predicted molar refractivity (Wildman–Crippen MR) is 129 cm³/mol. The summed E-state index contributed by atoms with van der Waals surface area (Å²) in [6.45, 7) is 10.6. The highest BCUT2D eigenvalue weighted by Gasteiger charge is 2.33. The van der Waals surface area contributed by atoms with E-state index in [2.05, 4.69) is 34.6 Å². The van der Waals surface area contributed by atoms with Gasteiger partial charge in [0, 0.05) is 46.4 Å². The molecule has 0 bridgehead atoms. The van der Waals surface area contributed by atoms with Crippen LogP contribution in [0.15, 0.2) is 29.3 Å². The first-order valence-electron chi connectivity index (χ1n) is 12.3. The summed E-state index contributed by atoms with van der Waals surface area (Å²) in [6.07, 6.45) is 6.29. The number of ether oxygens (including phenoxy) is 3. The summed E-state index contributed by atoms with van der Waals surface area (Å²) in [4.78, 5) is 7.22. The maximum atomic E-state index is 6.00. The number of methoxy groups -OCH3 is 1. The van der Waals surface area contributed by atoms with Gasteiger partial charge in [-0.1, -0.05) is 25.0 Å². The van der Waals surface area contributed by atoms with Crippen molar-refractivity contribution in [2.75, 3.05) is 66.3 Å². The van der Waals surface area contributed by atoms with Gasteiger partial charge in [-0.3, -0.25) is 4.90 Å². The number of aliphatic imine (C=N–C) groups is 1. The van der Waals surface area contributed by atoms with Gasteiger partial charge in [0.15, 0.2) is 5.96 Å². The number of nitrogens with one attached hydrogen (secondary N) is 2. The molecule has 7 heteroatoms. The minimum atomic E-state index is 0.334. The van der Waals surface area contributed by atoms with Crippen LogP contribution in [0.5, 0.6) is 5.75 Å². The zero-order chi connectivity index (χ0) is 22.5. The average Bonchev–Trinajstić information content (AvgIpc) is 3.30. The maximum Gasteiger partial charge on any atom is 0.191 e. The van der Waals surface area contributed by atoms with Crippen molar-refractivity contribution in [1.29, 1.82) is 0 Å². The van der Waals surface area contributed by atoms with Crippen molar-refractivity contribution in [3.8, 4) is 5.75 Å². The van der Waals surface area contributed by atoms with Crippen molar-refractivity contribution in [3.63, 3.8) is 0 Å². The number of hydrogen-bond donors (Lipinski definition) is 2. The molecule has 0 spiro atoms. The fraction of sp³-hybridized carbons (Fsp3) is 0.720. The van der Waals surface area contributed by atoms with E-state index >= 15 is 0 Å². The van der Waals surface area contributed by atoms with E-state index < -0.39 is 0 Å². The second-order valence-electron chi connectivity index (χ2n) is 8.95. The van der Waals surface area contributed by atoms with Gasteiger partial charge in [0.1, 0.15) is 12.4 Å². The molecule has 7 nitrogen and oxygen atoms in total. The first-order valence-corrected chi connectivity index (χ1v) is 12.3. The Kier molecular flexibility index (Phi) is 10.6. The zero-order valence-electron chi connectivity index (χ0n) is 20.0. The molecule has 1 saturated carbocycles. The monoisotopic (exact) mass is 446 g/mol. The molecule has 2 fully saturated rings. The quantitative estimate of drug-likeness (QED) is 0.380. The smallest absolute Gasteiger partial charge is 0.191 e. The summed E-state index contributed by atoms with van der Waals surface area (Å²) in [6, 6.07) is 8.28. The van der Waals surface area contributed by atoms with Crippen LogP contribution in [0.4, 0.5) is 0 Å². The summed E-state index contributed by atoms with van der Waals surface area (Å²) < 4.78 is 16.8. The first kappa shape index (κ1) is 24.8. The third kappa shape index (κ3) is 8.26. The van der Waals surface area contributed by atoms with E-state index in [1.165, 1.54) is 25.7 Å². The Labute approximate surface area is 193 Å². The van der Waals surface area contributed by atoms with Gasteiger partial charge in [-0.25, -0.2) is 4.99 Å². The molecule has 1 saturated heterocycles. The second kappa shape index (κ2) is 13.7. The van der Waals surface area contributed by atoms with Gasteiger partial charge >= 0.3 is 0 Å². The Morgan fingerprint density at radius 1 is 1.16 bits per heavy atom. The topological polar surface area (TPSA) is 67.4 Å². The van der Waals surface area contributed by atoms with Gasteiger partial charge < -0.3 is 24.8 Å². The molecule has 1 aromatic rings. The second-order valence-corrected chi connectivity index (χ2v) is 8.95. The van der Waals surface area contributed by atoms with Crippen molar-refractivity contribution in [3.05, 3.63) is 29.8 Å². The van der Waals surface area contributed by atoms with E-state index in [0.29, 0.717) is 18.6 Å². The largest absolute Gasteiger partial charge is 0.492 e. The van der Waals surface area contributed by atoms with Crippen LogP contribution in [-0.4, -0.2) is 77.1 Å². The van der Waals surface area contributed by atoms with Crippen LogP contribution in [0.25, 0.3) is 0 Å². The van der Waals surface area contributed by atoms with Gasteiger partial charge in [0.05, 0.1) is 19.8 Å². The lowest BCUT2D eigenvalue weighted by atomic mass is 9.83. The Balaban J connectivity index is 1.49. The Morgan fingerprint density at radius 2 is 1.97 bits per heavy atom. The van der Waals surface area contributed by atoms with Crippen LogP contribution in [0.2, 0.25) is 0 Å². The Morgan fingerprint density at radius 3 is 2.72 bits per heavy atom. The molecule has 1 aromatic carbocycles. The molecule has 32 heavy (non-hydrogen) atoms. The lowest BCUT2D eigenvalue weighted by molar-refractivity contribution is 0.0322. The van der Waals surface area contributed by atoms with Gasteiger partial charge in [0.2, 0.25) is 0 Å². The molecule has 2 N–H and O–H groups in total. The first-order chi connectivity index (χ1) is 15.7. The summed E-state index contributed by atoms with van der Waals surface area (Å²) in [5.41, 5.74) is 1.49. The van der Waals surface area contributed by atoms with Crippen LogP contribution >= 0.6 is 0 Å². The van der Waals surface area contributed by atoms with E-state index in [9.17, 15) is 0 Å². The van der Waals surface area contributed by atoms with E-state index in [1.807, 2.05) is 12.1 Å². The maximum absolute atomic E-state index is 6.00. The molecule has 1 aliphatic carbocycles. The molecule has 0 atom stereocenters. The minimum Gasteiger partial charge on any atom is -0.492 e. The minimum absolute atomic E-state index is 0.334. The highest BCUT2D eigenvalue weighted by molar-refractivity contribution is 5.79. The van der Waals surface area contributed by atoms with Crippen LogP contribution in [0.3, 0.4) is 0 Å². The zero-order valence-corrected chi connectivity index (χ0v) is 20.0. The Bertz CT molecular complexity index is 686. The van der Waals surface area contributed by atoms with Crippen molar-refractivity contribution in [2.45, 2.75) is 45.6 Å². The van der Waals surface area contributed by atoms with Crippen molar-refractivity contribution < 1.29 is 14.2 Å². The third-order valence-electron chi connectivity index (χ3n) is 6.57. The number of morpholine rings is 1. The summed E-state index contributed by atoms with van der Waals surface area (Å²) in [5.74, 6) is 1.79. The lowest BCUT2D eigenvalue weighted by Gasteiger charge is -2.30. The fourth-order valence-electron chi connectivity index (χ4n) is 4.59. The van der Waals surface area contributed by atoms with E-state index in [4.69, 9.17) is 19.2 Å². The summed E-state index contributed by atoms with van der Waals surface area (Å²) in [7, 11) is 1.79. The van der Waals surface area contributed by atoms with Gasteiger partial charge in [-0.15, -0.1) is 0 Å². The van der Waals surface area contributed by atoms with Crippen molar-refractivity contribution >= 4 is 5.96 Å². The molecule has 180 valence electrons. The van der Waals surface area contributed by atoms with Crippen molar-refractivity contribution in [2.24, 2.45) is 10.4 Å². The molecule has 2 aliphatic rings. The van der Waals surface area contributed by atoms with Crippen LogP contribution in [-0.2, 0) is 16.0 Å². The molecule has 0 radical (unpaired) electrons. The van der Waals surface area contributed by atoms with E-state index in [1.54, 1.807) is 7.11 Å². The van der Waals surface area contributed by atoms with Gasteiger partial charge in [0.25, 0.3) is 0 Å². The molecule has 0 amide bonds. The molecular formula is C25H42N4O3. The van der Waals surface area contributed by atoms with E-state index in [0.717, 1.165) is 76.2 Å². The molecule has 0 aromatic heterocycles. The normalized spacial score (nSPS) is 19.1. The fourth-order valence-corrected chi connectivity index (χ4v) is 4.59. The van der Waals surface area contributed by atoms with Crippen molar-refractivity contribution in [1.82, 2.24) is 15.5 Å². The highest BCUT2D eigenvalue weighted by atomic mass is 16.5. The molecule has 1 heterocycles. The summed E-state index contributed by atoms with van der Waals surface area (Å²) in [5, 5.41) is 7.00. The number of guanidine groups is 1. The molecule has 1 aliphatic heterocycles. The number of benzene rings is 1. The van der Waals surface area contributed by atoms with Gasteiger partial charge in [-0.2, -0.15) is 0 Å². The third-order valence-corrected chi connectivity index (χ3v) is 6.57. The van der Waals surface area contributed by atoms with Crippen LogP contribution in [0.1, 0.15) is 44.6 Å². The molecular weight excluding hydrogens is 404 g/mol. The number of nitrogens with zero attached hydrogens (tertiary/aromatic N) is 2. The van der Waals surface area contributed by atoms with E-state index in [-0.39, 0.29) is 0 Å². The average molecular weight is 447 g/mol. The SMILES string of the molecule is CCNC(=NCc1cccc(OCCN2CCOCC2)c1)NCC1(CCOC)CCCC1. The predicted octanol–water partition coefficient (Wildman–Crippen LogP) is 3.05.